The molecule has 0 bridgehead atoms. The first-order valence-electron chi connectivity index (χ1n) is 8.92. The van der Waals surface area contributed by atoms with E-state index >= 15 is 0 Å². The molecule has 0 radical (unpaired) electrons. The van der Waals surface area contributed by atoms with E-state index in [0.29, 0.717) is 25.5 Å². The summed E-state index contributed by atoms with van der Waals surface area (Å²) in [6.07, 6.45) is 2.40. The Morgan fingerprint density at radius 2 is 2.16 bits per heavy atom. The summed E-state index contributed by atoms with van der Waals surface area (Å²) in [5.41, 5.74) is 1.92. The third kappa shape index (κ3) is 4.07. The molecule has 1 saturated heterocycles. The van der Waals surface area contributed by atoms with Gasteiger partial charge in [0.2, 0.25) is 5.91 Å². The number of carbonyl (C=O) groups excluding carboxylic acids is 1. The lowest BCUT2D eigenvalue weighted by atomic mass is 10.1. The third-order valence-electron chi connectivity index (χ3n) is 4.30. The summed E-state index contributed by atoms with van der Waals surface area (Å²) in [7, 11) is 1.69. The minimum Gasteiger partial charge on any atom is -0.383 e. The average molecular weight is 342 g/mol. The molecule has 1 aromatic heterocycles. The molecule has 1 aliphatic heterocycles. The number of ether oxygens (including phenoxy) is 1. The second-order valence-electron chi connectivity index (χ2n) is 6.86. The number of rotatable bonds is 7. The summed E-state index contributed by atoms with van der Waals surface area (Å²) in [6.45, 7) is 6.35. The van der Waals surface area contributed by atoms with Crippen molar-refractivity contribution >= 4 is 11.6 Å². The average Bonchev–Trinajstić information content (AvgIpc) is 3.18. The molecule has 2 heterocycles. The lowest BCUT2D eigenvalue weighted by Crippen LogP contribution is -2.23. The van der Waals surface area contributed by atoms with Gasteiger partial charge in [-0.2, -0.15) is 5.10 Å². The Hall–Kier alpha value is -2.21. The van der Waals surface area contributed by atoms with Crippen molar-refractivity contribution in [2.24, 2.45) is 5.92 Å². The minimum absolute atomic E-state index is 0.193. The van der Waals surface area contributed by atoms with Crippen molar-refractivity contribution in [3.05, 3.63) is 30.1 Å². The molecule has 2 aromatic rings. The minimum atomic E-state index is 0.193. The number of hydrogen-bond acceptors (Lipinski definition) is 4. The maximum atomic E-state index is 12.0. The number of amides is 1. The number of nitrogens with zero attached hydrogens (tertiary/aromatic N) is 4. The Morgan fingerprint density at radius 3 is 2.84 bits per heavy atom. The van der Waals surface area contributed by atoms with E-state index in [1.165, 1.54) is 0 Å². The molecular weight excluding hydrogens is 316 g/mol. The first-order valence-corrected chi connectivity index (χ1v) is 8.92. The standard InChI is InChI=1S/C19H26N4O2/c1-14(2)12-17-20-19(23(21-17)10-11-25-3)15-6-4-7-16(13-15)22-9-5-8-18(22)24/h4,6-7,13-14H,5,8-12H2,1-3H3. The summed E-state index contributed by atoms with van der Waals surface area (Å²) in [5, 5.41) is 4.65. The van der Waals surface area contributed by atoms with Crippen LogP contribution in [0.4, 0.5) is 5.69 Å². The molecule has 6 heteroatoms. The maximum absolute atomic E-state index is 12.0. The molecule has 1 amide bonds. The van der Waals surface area contributed by atoms with Gasteiger partial charge in [0.15, 0.2) is 11.6 Å². The first kappa shape index (κ1) is 17.6. The van der Waals surface area contributed by atoms with E-state index in [-0.39, 0.29) is 5.91 Å². The van der Waals surface area contributed by atoms with Gasteiger partial charge in [0, 0.05) is 37.7 Å². The van der Waals surface area contributed by atoms with E-state index in [0.717, 1.165) is 42.3 Å². The van der Waals surface area contributed by atoms with E-state index in [1.54, 1.807) is 7.11 Å². The number of hydrogen-bond donors (Lipinski definition) is 0. The molecule has 1 aliphatic rings. The fraction of sp³-hybridized carbons (Fsp3) is 0.526. The van der Waals surface area contributed by atoms with Gasteiger partial charge in [-0.25, -0.2) is 9.67 Å². The number of anilines is 1. The second kappa shape index (κ2) is 7.78. The lowest BCUT2D eigenvalue weighted by molar-refractivity contribution is -0.117. The molecule has 0 N–H and O–H groups in total. The van der Waals surface area contributed by atoms with Gasteiger partial charge in [-0.05, 0) is 24.5 Å². The van der Waals surface area contributed by atoms with Crippen LogP contribution in [-0.4, -0.2) is 40.9 Å². The van der Waals surface area contributed by atoms with Crippen molar-refractivity contribution in [2.75, 3.05) is 25.2 Å². The highest BCUT2D eigenvalue weighted by molar-refractivity contribution is 5.95. The van der Waals surface area contributed by atoms with Gasteiger partial charge in [0.25, 0.3) is 0 Å². The van der Waals surface area contributed by atoms with Crippen molar-refractivity contribution in [2.45, 2.75) is 39.7 Å². The van der Waals surface area contributed by atoms with Crippen LogP contribution >= 0.6 is 0 Å². The number of methoxy groups -OCH3 is 1. The van der Waals surface area contributed by atoms with Gasteiger partial charge < -0.3 is 9.64 Å². The summed E-state index contributed by atoms with van der Waals surface area (Å²) < 4.78 is 7.11. The van der Waals surface area contributed by atoms with Crippen LogP contribution in [0.1, 0.15) is 32.5 Å². The summed E-state index contributed by atoms with van der Waals surface area (Å²) in [4.78, 5) is 18.6. The second-order valence-corrected chi connectivity index (χ2v) is 6.86. The molecule has 0 spiro atoms. The fourth-order valence-electron chi connectivity index (χ4n) is 3.12. The largest absolute Gasteiger partial charge is 0.383 e. The highest BCUT2D eigenvalue weighted by Gasteiger charge is 2.22. The van der Waals surface area contributed by atoms with Crippen LogP contribution in [0.3, 0.4) is 0 Å². The van der Waals surface area contributed by atoms with E-state index in [4.69, 9.17) is 9.72 Å². The Morgan fingerprint density at radius 1 is 1.32 bits per heavy atom. The van der Waals surface area contributed by atoms with Crippen molar-refractivity contribution in [3.8, 4) is 11.4 Å². The van der Waals surface area contributed by atoms with Crippen LogP contribution in [0.2, 0.25) is 0 Å². The normalized spacial score (nSPS) is 14.7. The van der Waals surface area contributed by atoms with Crippen molar-refractivity contribution in [1.82, 2.24) is 14.8 Å². The topological polar surface area (TPSA) is 60.2 Å². The summed E-state index contributed by atoms with van der Waals surface area (Å²) in [5.74, 6) is 2.38. The summed E-state index contributed by atoms with van der Waals surface area (Å²) >= 11 is 0. The van der Waals surface area contributed by atoms with Crippen LogP contribution in [0.25, 0.3) is 11.4 Å². The Labute approximate surface area is 148 Å². The van der Waals surface area contributed by atoms with Gasteiger partial charge in [0.05, 0.1) is 13.2 Å². The Balaban J connectivity index is 1.94. The zero-order valence-corrected chi connectivity index (χ0v) is 15.2. The quantitative estimate of drug-likeness (QED) is 0.776. The van der Waals surface area contributed by atoms with Gasteiger partial charge in [-0.3, -0.25) is 4.79 Å². The molecule has 3 rings (SSSR count). The number of aromatic nitrogens is 3. The zero-order chi connectivity index (χ0) is 17.8. The van der Waals surface area contributed by atoms with Crippen molar-refractivity contribution in [3.63, 3.8) is 0 Å². The molecule has 1 fully saturated rings. The molecule has 134 valence electrons. The third-order valence-corrected chi connectivity index (χ3v) is 4.30. The summed E-state index contributed by atoms with van der Waals surface area (Å²) in [6, 6.07) is 8.03. The predicted octanol–water partition coefficient (Wildman–Crippen LogP) is 2.92. The number of carbonyl (C=O) groups is 1. The van der Waals surface area contributed by atoms with E-state index in [1.807, 2.05) is 33.8 Å². The van der Waals surface area contributed by atoms with Gasteiger partial charge >= 0.3 is 0 Å². The van der Waals surface area contributed by atoms with E-state index < -0.39 is 0 Å². The zero-order valence-electron chi connectivity index (χ0n) is 15.2. The lowest BCUT2D eigenvalue weighted by Gasteiger charge is -2.16. The van der Waals surface area contributed by atoms with Crippen LogP contribution in [0, 0.1) is 5.92 Å². The van der Waals surface area contributed by atoms with Gasteiger partial charge in [-0.1, -0.05) is 26.0 Å². The maximum Gasteiger partial charge on any atom is 0.227 e. The molecular formula is C19H26N4O2. The molecule has 6 nitrogen and oxygen atoms in total. The van der Waals surface area contributed by atoms with Crippen molar-refractivity contribution in [1.29, 1.82) is 0 Å². The first-order chi connectivity index (χ1) is 12.1. The predicted molar refractivity (Wildman–Crippen MR) is 97.5 cm³/mol. The Kier molecular flexibility index (Phi) is 5.48. The van der Waals surface area contributed by atoms with Crippen LogP contribution in [0.15, 0.2) is 24.3 Å². The Bertz CT molecular complexity index is 739. The highest BCUT2D eigenvalue weighted by atomic mass is 16.5. The van der Waals surface area contributed by atoms with Crippen LogP contribution < -0.4 is 4.90 Å². The monoisotopic (exact) mass is 342 g/mol. The van der Waals surface area contributed by atoms with Crippen LogP contribution in [-0.2, 0) is 22.5 Å². The molecule has 0 atom stereocenters. The SMILES string of the molecule is COCCn1nc(CC(C)C)nc1-c1cccc(N2CCCC2=O)c1. The number of benzene rings is 1. The molecule has 0 aliphatic carbocycles. The van der Waals surface area contributed by atoms with E-state index in [2.05, 4.69) is 18.9 Å². The molecule has 1 aromatic carbocycles. The van der Waals surface area contributed by atoms with Gasteiger partial charge in [0.1, 0.15) is 0 Å². The molecule has 25 heavy (non-hydrogen) atoms. The fourth-order valence-corrected chi connectivity index (χ4v) is 3.12. The van der Waals surface area contributed by atoms with Gasteiger partial charge in [-0.15, -0.1) is 0 Å². The van der Waals surface area contributed by atoms with Crippen molar-refractivity contribution < 1.29 is 9.53 Å². The van der Waals surface area contributed by atoms with Crippen LogP contribution in [0.5, 0.6) is 0 Å². The smallest absolute Gasteiger partial charge is 0.227 e. The molecule has 0 saturated carbocycles. The highest BCUT2D eigenvalue weighted by Crippen LogP contribution is 2.27. The molecule has 0 unspecified atom stereocenters. The van der Waals surface area contributed by atoms with E-state index in [9.17, 15) is 4.79 Å².